The van der Waals surface area contributed by atoms with Gasteiger partial charge in [0, 0.05) is 24.2 Å². The monoisotopic (exact) mass is 301 g/mol. The number of aromatic nitrogens is 2. The first-order valence-electron chi connectivity index (χ1n) is 7.42. The van der Waals surface area contributed by atoms with Crippen molar-refractivity contribution in [2.45, 2.75) is 32.7 Å². The van der Waals surface area contributed by atoms with Crippen molar-refractivity contribution >= 4 is 5.91 Å². The summed E-state index contributed by atoms with van der Waals surface area (Å²) >= 11 is 0. The predicted octanol–water partition coefficient (Wildman–Crippen LogP) is 2.34. The Balaban J connectivity index is 2.17. The predicted molar refractivity (Wildman–Crippen MR) is 85.6 cm³/mol. The first kappa shape index (κ1) is 16.2. The van der Waals surface area contributed by atoms with Gasteiger partial charge in [0.2, 0.25) is 0 Å². The highest BCUT2D eigenvalue weighted by Crippen LogP contribution is 2.21. The molecule has 1 amide bonds. The minimum atomic E-state index is -0.176. The molecule has 1 heterocycles. The van der Waals surface area contributed by atoms with Crippen LogP contribution in [0.5, 0.6) is 0 Å². The minimum Gasteiger partial charge on any atom is -0.395 e. The van der Waals surface area contributed by atoms with Crippen molar-refractivity contribution < 1.29 is 9.90 Å². The average molecular weight is 301 g/mol. The molecule has 5 nitrogen and oxygen atoms in total. The number of carbonyl (C=O) groups excluding carboxylic acids is 1. The fourth-order valence-corrected chi connectivity index (χ4v) is 2.15. The molecule has 0 radical (unpaired) electrons. The number of nitrogens with one attached hydrogen (secondary N) is 1. The SMILES string of the molecule is CC(C)(C)c1cc(C(=O)N(CCO)Cc2ccccc2)n[nH]1. The van der Waals surface area contributed by atoms with E-state index < -0.39 is 0 Å². The molecule has 1 aromatic carbocycles. The highest BCUT2D eigenvalue weighted by atomic mass is 16.3. The van der Waals surface area contributed by atoms with Crippen LogP contribution in [-0.2, 0) is 12.0 Å². The Kier molecular flexibility index (Phi) is 4.98. The molecule has 118 valence electrons. The lowest BCUT2D eigenvalue weighted by atomic mass is 9.92. The van der Waals surface area contributed by atoms with E-state index >= 15 is 0 Å². The van der Waals surface area contributed by atoms with E-state index in [1.807, 2.05) is 30.3 Å². The molecule has 2 rings (SSSR count). The zero-order valence-electron chi connectivity index (χ0n) is 13.3. The molecular weight excluding hydrogens is 278 g/mol. The fraction of sp³-hybridized carbons (Fsp3) is 0.412. The van der Waals surface area contributed by atoms with Crippen LogP contribution < -0.4 is 0 Å². The van der Waals surface area contributed by atoms with Crippen LogP contribution in [0.25, 0.3) is 0 Å². The number of H-pyrrole nitrogens is 1. The summed E-state index contributed by atoms with van der Waals surface area (Å²) in [6.45, 7) is 6.84. The van der Waals surface area contributed by atoms with E-state index in [1.165, 1.54) is 0 Å². The van der Waals surface area contributed by atoms with Gasteiger partial charge in [-0.3, -0.25) is 9.89 Å². The van der Waals surface area contributed by atoms with Crippen molar-refractivity contribution in [2.75, 3.05) is 13.2 Å². The van der Waals surface area contributed by atoms with E-state index in [0.717, 1.165) is 11.3 Å². The summed E-state index contributed by atoms with van der Waals surface area (Å²) in [5, 5.41) is 16.3. The van der Waals surface area contributed by atoms with Crippen LogP contribution in [0.4, 0.5) is 0 Å². The van der Waals surface area contributed by atoms with Crippen molar-refractivity contribution in [1.82, 2.24) is 15.1 Å². The van der Waals surface area contributed by atoms with E-state index in [0.29, 0.717) is 12.2 Å². The zero-order valence-corrected chi connectivity index (χ0v) is 13.3. The lowest BCUT2D eigenvalue weighted by Crippen LogP contribution is -2.33. The number of aliphatic hydroxyl groups excluding tert-OH is 1. The lowest BCUT2D eigenvalue weighted by molar-refractivity contribution is 0.0702. The average Bonchev–Trinajstić information content (AvgIpc) is 2.97. The summed E-state index contributed by atoms with van der Waals surface area (Å²) < 4.78 is 0. The number of hydrogen-bond acceptors (Lipinski definition) is 3. The van der Waals surface area contributed by atoms with Gasteiger partial charge in [0.15, 0.2) is 0 Å². The Morgan fingerprint density at radius 2 is 1.95 bits per heavy atom. The molecule has 2 aromatic rings. The Bertz CT molecular complexity index is 614. The fourth-order valence-electron chi connectivity index (χ4n) is 2.15. The van der Waals surface area contributed by atoms with Gasteiger partial charge in [0.05, 0.1) is 6.61 Å². The van der Waals surface area contributed by atoms with Crippen molar-refractivity contribution in [1.29, 1.82) is 0 Å². The lowest BCUT2D eigenvalue weighted by Gasteiger charge is -2.21. The molecule has 0 spiro atoms. The first-order valence-corrected chi connectivity index (χ1v) is 7.42. The molecule has 0 bridgehead atoms. The summed E-state index contributed by atoms with van der Waals surface area (Å²) in [4.78, 5) is 14.2. The zero-order chi connectivity index (χ0) is 16.2. The van der Waals surface area contributed by atoms with Gasteiger partial charge in [-0.2, -0.15) is 5.10 Å². The molecule has 5 heteroatoms. The summed E-state index contributed by atoms with van der Waals surface area (Å²) in [5.74, 6) is -0.176. The maximum absolute atomic E-state index is 12.6. The summed E-state index contributed by atoms with van der Waals surface area (Å²) in [6.07, 6.45) is 0. The van der Waals surface area contributed by atoms with Crippen LogP contribution in [0.1, 0.15) is 42.5 Å². The van der Waals surface area contributed by atoms with Gasteiger partial charge >= 0.3 is 0 Å². The molecule has 0 aliphatic heterocycles. The molecule has 1 aromatic heterocycles. The van der Waals surface area contributed by atoms with Crippen molar-refractivity contribution in [3.8, 4) is 0 Å². The van der Waals surface area contributed by atoms with Crippen LogP contribution in [0.2, 0.25) is 0 Å². The Labute approximate surface area is 131 Å². The van der Waals surface area contributed by atoms with Gasteiger partial charge in [-0.1, -0.05) is 51.1 Å². The largest absolute Gasteiger partial charge is 0.395 e. The molecule has 0 saturated heterocycles. The Morgan fingerprint density at radius 3 is 2.50 bits per heavy atom. The van der Waals surface area contributed by atoms with E-state index in [2.05, 4.69) is 31.0 Å². The smallest absolute Gasteiger partial charge is 0.274 e. The Hall–Kier alpha value is -2.14. The van der Waals surface area contributed by atoms with Crippen LogP contribution >= 0.6 is 0 Å². The second-order valence-electron chi connectivity index (χ2n) is 6.35. The van der Waals surface area contributed by atoms with E-state index in [1.54, 1.807) is 11.0 Å². The molecule has 2 N–H and O–H groups in total. The topological polar surface area (TPSA) is 69.2 Å². The van der Waals surface area contributed by atoms with Gasteiger partial charge in [0.1, 0.15) is 5.69 Å². The number of benzene rings is 1. The number of amides is 1. The molecule has 0 unspecified atom stereocenters. The van der Waals surface area contributed by atoms with Crippen molar-refractivity contribution in [3.05, 3.63) is 53.3 Å². The maximum atomic E-state index is 12.6. The molecule has 0 aliphatic carbocycles. The number of nitrogens with zero attached hydrogens (tertiary/aromatic N) is 2. The molecule has 0 fully saturated rings. The maximum Gasteiger partial charge on any atom is 0.274 e. The van der Waals surface area contributed by atoms with Crippen LogP contribution in [0.15, 0.2) is 36.4 Å². The van der Waals surface area contributed by atoms with Gasteiger partial charge in [-0.05, 0) is 11.6 Å². The van der Waals surface area contributed by atoms with E-state index in [4.69, 9.17) is 0 Å². The number of aliphatic hydroxyl groups is 1. The summed E-state index contributed by atoms with van der Waals surface area (Å²) in [5.41, 5.74) is 2.23. The molecule has 0 aliphatic rings. The number of hydrogen-bond donors (Lipinski definition) is 2. The summed E-state index contributed by atoms with van der Waals surface area (Å²) in [6, 6.07) is 11.5. The quantitative estimate of drug-likeness (QED) is 0.890. The van der Waals surface area contributed by atoms with Crippen LogP contribution in [0.3, 0.4) is 0 Å². The van der Waals surface area contributed by atoms with Crippen molar-refractivity contribution in [3.63, 3.8) is 0 Å². The third kappa shape index (κ3) is 3.95. The summed E-state index contributed by atoms with van der Waals surface area (Å²) in [7, 11) is 0. The molecular formula is C17H23N3O2. The van der Waals surface area contributed by atoms with Gasteiger partial charge in [0.25, 0.3) is 5.91 Å². The van der Waals surface area contributed by atoms with Gasteiger partial charge < -0.3 is 10.0 Å². The van der Waals surface area contributed by atoms with Crippen molar-refractivity contribution in [2.24, 2.45) is 0 Å². The highest BCUT2D eigenvalue weighted by molar-refractivity contribution is 5.92. The number of aromatic amines is 1. The molecule has 0 atom stereocenters. The van der Waals surface area contributed by atoms with E-state index in [-0.39, 0.29) is 24.5 Å². The van der Waals surface area contributed by atoms with E-state index in [9.17, 15) is 9.90 Å². The van der Waals surface area contributed by atoms with Gasteiger partial charge in [-0.25, -0.2) is 0 Å². The Morgan fingerprint density at radius 1 is 1.27 bits per heavy atom. The number of rotatable bonds is 5. The normalized spacial score (nSPS) is 11.5. The van der Waals surface area contributed by atoms with Gasteiger partial charge in [-0.15, -0.1) is 0 Å². The van der Waals surface area contributed by atoms with Crippen LogP contribution in [-0.4, -0.2) is 39.3 Å². The second kappa shape index (κ2) is 6.75. The highest BCUT2D eigenvalue weighted by Gasteiger charge is 2.22. The molecule has 22 heavy (non-hydrogen) atoms. The minimum absolute atomic E-state index is 0.0743. The standard InChI is InChI=1S/C17H23N3O2/c1-17(2,3)15-11-14(18-19-15)16(22)20(9-10-21)12-13-7-5-4-6-8-13/h4-8,11,21H,9-10,12H2,1-3H3,(H,18,19). The third-order valence-electron chi connectivity index (χ3n) is 3.48. The number of carbonyl (C=O) groups is 1. The third-order valence-corrected chi connectivity index (χ3v) is 3.48. The first-order chi connectivity index (χ1) is 10.4. The van der Waals surface area contributed by atoms with Crippen LogP contribution in [0, 0.1) is 0 Å². The second-order valence-corrected chi connectivity index (χ2v) is 6.35. The molecule has 0 saturated carbocycles.